The van der Waals surface area contributed by atoms with E-state index < -0.39 is 12.4 Å². The highest BCUT2D eigenvalue weighted by Gasteiger charge is 2.31. The van der Waals surface area contributed by atoms with Gasteiger partial charge in [0.2, 0.25) is 5.91 Å². The van der Waals surface area contributed by atoms with Gasteiger partial charge in [-0.25, -0.2) is 0 Å². The lowest BCUT2D eigenvalue weighted by Crippen LogP contribution is -2.34. The molecule has 0 radical (unpaired) electrons. The summed E-state index contributed by atoms with van der Waals surface area (Å²) in [5, 5.41) is 5.91. The lowest BCUT2D eigenvalue weighted by molar-refractivity contribution is -0.274. The van der Waals surface area contributed by atoms with Crippen molar-refractivity contribution in [1.29, 1.82) is 0 Å². The number of rotatable bonds is 6. The summed E-state index contributed by atoms with van der Waals surface area (Å²) < 4.78 is 41.0. The SMILES string of the molecule is O=C(NC1CC1)C(Nc1cccc(OC(F)(F)F)c1)c1ccccc1. The van der Waals surface area contributed by atoms with Crippen LogP contribution in [0.25, 0.3) is 0 Å². The van der Waals surface area contributed by atoms with Gasteiger partial charge in [-0.1, -0.05) is 36.4 Å². The number of carbonyl (C=O) groups is 1. The van der Waals surface area contributed by atoms with Gasteiger partial charge >= 0.3 is 6.36 Å². The van der Waals surface area contributed by atoms with Crippen LogP contribution < -0.4 is 15.4 Å². The molecule has 2 aromatic carbocycles. The summed E-state index contributed by atoms with van der Waals surface area (Å²) in [6, 6.07) is 13.9. The van der Waals surface area contributed by atoms with E-state index in [1.54, 1.807) is 30.3 Å². The molecule has 0 bridgehead atoms. The Kier molecular flexibility index (Phi) is 4.83. The molecule has 1 amide bonds. The van der Waals surface area contributed by atoms with E-state index in [9.17, 15) is 18.0 Å². The first-order valence-electron chi connectivity index (χ1n) is 7.88. The zero-order chi connectivity index (χ0) is 17.9. The topological polar surface area (TPSA) is 50.4 Å². The van der Waals surface area contributed by atoms with Crippen LogP contribution in [-0.4, -0.2) is 18.3 Å². The van der Waals surface area contributed by atoms with E-state index in [4.69, 9.17) is 0 Å². The maximum atomic E-state index is 12.5. The van der Waals surface area contributed by atoms with Crippen LogP contribution in [0.15, 0.2) is 54.6 Å². The first-order chi connectivity index (χ1) is 11.9. The second-order valence-corrected chi connectivity index (χ2v) is 5.85. The highest BCUT2D eigenvalue weighted by atomic mass is 19.4. The maximum Gasteiger partial charge on any atom is 0.573 e. The second kappa shape index (κ2) is 7.04. The molecular weight excluding hydrogens is 333 g/mol. The van der Waals surface area contributed by atoms with Gasteiger partial charge in [0.15, 0.2) is 0 Å². The molecule has 3 rings (SSSR count). The summed E-state index contributed by atoms with van der Waals surface area (Å²) in [5.74, 6) is -0.553. The molecule has 0 aliphatic heterocycles. The molecule has 2 N–H and O–H groups in total. The smallest absolute Gasteiger partial charge is 0.406 e. The summed E-state index contributed by atoms with van der Waals surface area (Å²) in [4.78, 5) is 12.5. The van der Waals surface area contributed by atoms with Crippen molar-refractivity contribution in [3.63, 3.8) is 0 Å². The summed E-state index contributed by atoms with van der Waals surface area (Å²) >= 11 is 0. The minimum atomic E-state index is -4.76. The van der Waals surface area contributed by atoms with E-state index in [1.807, 2.05) is 6.07 Å². The predicted molar refractivity (Wildman–Crippen MR) is 87.1 cm³/mol. The summed E-state index contributed by atoms with van der Waals surface area (Å²) in [5.41, 5.74) is 1.09. The summed E-state index contributed by atoms with van der Waals surface area (Å²) in [6.45, 7) is 0. The molecule has 1 aliphatic rings. The molecule has 1 aliphatic carbocycles. The molecule has 132 valence electrons. The van der Waals surface area contributed by atoms with Crippen molar-refractivity contribution in [3.05, 3.63) is 60.2 Å². The highest BCUT2D eigenvalue weighted by Crippen LogP contribution is 2.28. The number of amides is 1. The van der Waals surface area contributed by atoms with Crippen LogP contribution >= 0.6 is 0 Å². The number of halogens is 3. The number of alkyl halides is 3. The Morgan fingerprint density at radius 3 is 2.44 bits per heavy atom. The van der Waals surface area contributed by atoms with Gasteiger partial charge < -0.3 is 15.4 Å². The Bertz CT molecular complexity index is 731. The number of hydrogen-bond donors (Lipinski definition) is 2. The number of benzene rings is 2. The van der Waals surface area contributed by atoms with Crippen LogP contribution in [0.5, 0.6) is 5.75 Å². The third-order valence-electron chi connectivity index (χ3n) is 3.70. The predicted octanol–water partition coefficient (Wildman–Crippen LogP) is 4.02. The fourth-order valence-electron chi connectivity index (χ4n) is 2.41. The van der Waals surface area contributed by atoms with Crippen molar-refractivity contribution >= 4 is 11.6 Å². The van der Waals surface area contributed by atoms with E-state index in [-0.39, 0.29) is 17.7 Å². The van der Waals surface area contributed by atoms with Gasteiger partial charge in [0.05, 0.1) is 0 Å². The number of nitrogens with one attached hydrogen (secondary N) is 2. The molecule has 1 fully saturated rings. The van der Waals surface area contributed by atoms with Gasteiger partial charge in [-0.15, -0.1) is 13.2 Å². The normalized spacial score (nSPS) is 15.3. The van der Waals surface area contributed by atoms with Crippen molar-refractivity contribution in [2.45, 2.75) is 31.3 Å². The minimum absolute atomic E-state index is 0.181. The second-order valence-electron chi connectivity index (χ2n) is 5.85. The van der Waals surface area contributed by atoms with Crippen LogP contribution in [0.3, 0.4) is 0 Å². The van der Waals surface area contributed by atoms with Crippen molar-refractivity contribution in [3.8, 4) is 5.75 Å². The van der Waals surface area contributed by atoms with Crippen molar-refractivity contribution in [2.24, 2.45) is 0 Å². The van der Waals surface area contributed by atoms with Crippen LogP contribution in [0, 0.1) is 0 Å². The lowest BCUT2D eigenvalue weighted by Gasteiger charge is -2.20. The monoisotopic (exact) mass is 350 g/mol. The van der Waals surface area contributed by atoms with E-state index in [0.717, 1.165) is 18.4 Å². The van der Waals surface area contributed by atoms with Crippen LogP contribution in [-0.2, 0) is 4.79 Å². The molecule has 4 nitrogen and oxygen atoms in total. The van der Waals surface area contributed by atoms with E-state index in [1.165, 1.54) is 18.2 Å². The molecule has 1 unspecified atom stereocenters. The minimum Gasteiger partial charge on any atom is -0.406 e. The van der Waals surface area contributed by atoms with Gasteiger partial charge in [0.1, 0.15) is 11.8 Å². The van der Waals surface area contributed by atoms with Crippen molar-refractivity contribution < 1.29 is 22.7 Å². The Balaban J connectivity index is 1.80. The van der Waals surface area contributed by atoms with Gasteiger partial charge in [-0.05, 0) is 30.5 Å². The average Bonchev–Trinajstić information content (AvgIpc) is 3.36. The zero-order valence-electron chi connectivity index (χ0n) is 13.2. The van der Waals surface area contributed by atoms with Crippen molar-refractivity contribution in [2.75, 3.05) is 5.32 Å². The van der Waals surface area contributed by atoms with Gasteiger partial charge in [-0.3, -0.25) is 4.79 Å². The highest BCUT2D eigenvalue weighted by molar-refractivity contribution is 5.86. The molecule has 1 atom stereocenters. The van der Waals surface area contributed by atoms with Gasteiger partial charge in [0, 0.05) is 17.8 Å². The zero-order valence-corrected chi connectivity index (χ0v) is 13.2. The fraction of sp³-hybridized carbons (Fsp3) is 0.278. The number of ether oxygens (including phenoxy) is 1. The summed E-state index contributed by atoms with van der Waals surface area (Å²) in [6.07, 6.45) is -2.87. The molecular formula is C18H17F3N2O2. The van der Waals surface area contributed by atoms with Crippen LogP contribution in [0.4, 0.5) is 18.9 Å². The first kappa shape index (κ1) is 17.1. The number of carbonyl (C=O) groups excluding carboxylic acids is 1. The van der Waals surface area contributed by atoms with Gasteiger partial charge in [0.25, 0.3) is 0 Å². The fourth-order valence-corrected chi connectivity index (χ4v) is 2.41. The Labute approximate surface area is 143 Å². The molecule has 0 spiro atoms. The van der Waals surface area contributed by atoms with Gasteiger partial charge in [-0.2, -0.15) is 0 Å². The van der Waals surface area contributed by atoms with Crippen molar-refractivity contribution in [1.82, 2.24) is 5.32 Å². The van der Waals surface area contributed by atoms with E-state index in [0.29, 0.717) is 5.69 Å². The molecule has 7 heteroatoms. The number of hydrogen-bond acceptors (Lipinski definition) is 3. The van der Waals surface area contributed by atoms with E-state index in [2.05, 4.69) is 15.4 Å². The molecule has 2 aromatic rings. The van der Waals surface area contributed by atoms with Crippen LogP contribution in [0.1, 0.15) is 24.4 Å². The molecule has 0 saturated heterocycles. The van der Waals surface area contributed by atoms with E-state index >= 15 is 0 Å². The maximum absolute atomic E-state index is 12.5. The third kappa shape index (κ3) is 5.14. The molecule has 1 saturated carbocycles. The number of anilines is 1. The first-order valence-corrected chi connectivity index (χ1v) is 7.88. The largest absolute Gasteiger partial charge is 0.573 e. The summed E-state index contributed by atoms with van der Waals surface area (Å²) in [7, 11) is 0. The molecule has 0 heterocycles. The molecule has 25 heavy (non-hydrogen) atoms. The average molecular weight is 350 g/mol. The third-order valence-corrected chi connectivity index (χ3v) is 3.70. The standard InChI is InChI=1S/C18H17F3N2O2/c19-18(20,21)25-15-8-4-7-14(11-15)22-16(12-5-2-1-3-6-12)17(24)23-13-9-10-13/h1-8,11,13,16,22H,9-10H2,(H,23,24). The van der Waals surface area contributed by atoms with Crippen LogP contribution in [0.2, 0.25) is 0 Å². The Morgan fingerprint density at radius 2 is 1.80 bits per heavy atom. The Hall–Kier alpha value is -2.70. The lowest BCUT2D eigenvalue weighted by atomic mass is 10.1. The quantitative estimate of drug-likeness (QED) is 0.827. The molecule has 0 aromatic heterocycles. The Morgan fingerprint density at radius 1 is 1.08 bits per heavy atom.